The first-order chi connectivity index (χ1) is 13.5. The van der Waals surface area contributed by atoms with Gasteiger partial charge >= 0.3 is 6.03 Å². The number of amides is 3. The molecular weight excluding hydrogens is 376 g/mol. The van der Waals surface area contributed by atoms with Crippen LogP contribution in [-0.2, 0) is 4.79 Å². The van der Waals surface area contributed by atoms with Crippen molar-refractivity contribution in [3.05, 3.63) is 59.7 Å². The number of benzene rings is 2. The summed E-state index contributed by atoms with van der Waals surface area (Å²) in [6, 6.07) is 14.2. The fourth-order valence-electron chi connectivity index (χ4n) is 2.48. The summed E-state index contributed by atoms with van der Waals surface area (Å²) in [6.45, 7) is 5.69. The van der Waals surface area contributed by atoms with Crippen LogP contribution < -0.4 is 10.6 Å². The molecule has 3 aromatic rings. The first-order valence-corrected chi connectivity index (χ1v) is 9.52. The second-order valence-electron chi connectivity index (χ2n) is 6.16. The molecule has 144 valence electrons. The number of nitrogens with zero attached hydrogens (tertiary/aromatic N) is 4. The van der Waals surface area contributed by atoms with Crippen LogP contribution in [0.4, 0.5) is 10.5 Å². The van der Waals surface area contributed by atoms with Gasteiger partial charge in [0, 0.05) is 5.69 Å². The summed E-state index contributed by atoms with van der Waals surface area (Å²) in [5.74, 6) is -0.436. The SMILES string of the molecule is Cc1cccc(-n2nnnc2SC(C)C(=O)NC(=O)Nc2ccccc2)c1C. The van der Waals surface area contributed by atoms with Crippen LogP contribution in [0.25, 0.3) is 5.69 Å². The van der Waals surface area contributed by atoms with Crippen LogP contribution in [0.15, 0.2) is 53.7 Å². The van der Waals surface area contributed by atoms with Gasteiger partial charge in [-0.15, -0.1) is 5.10 Å². The smallest absolute Gasteiger partial charge is 0.308 e. The van der Waals surface area contributed by atoms with Gasteiger partial charge in [0.15, 0.2) is 0 Å². The van der Waals surface area contributed by atoms with Gasteiger partial charge in [-0.25, -0.2) is 4.79 Å². The standard InChI is InChI=1S/C19H20N6O2S/c1-12-8-7-11-16(13(12)2)25-19(22-23-24-25)28-14(3)17(26)21-18(27)20-15-9-5-4-6-10-15/h4-11,14H,1-3H3,(H2,20,21,26,27). The summed E-state index contributed by atoms with van der Waals surface area (Å²) in [5, 5.41) is 16.6. The summed E-state index contributed by atoms with van der Waals surface area (Å²) in [6.07, 6.45) is 0. The van der Waals surface area contributed by atoms with Crippen molar-refractivity contribution in [1.29, 1.82) is 0 Å². The lowest BCUT2D eigenvalue weighted by molar-refractivity contribution is -0.119. The number of tetrazole rings is 1. The topological polar surface area (TPSA) is 102 Å². The van der Waals surface area contributed by atoms with Crippen LogP contribution in [0.2, 0.25) is 0 Å². The zero-order chi connectivity index (χ0) is 20.1. The molecular formula is C19H20N6O2S. The number of imide groups is 1. The molecule has 0 fully saturated rings. The molecule has 1 aromatic heterocycles. The van der Waals surface area contributed by atoms with Crippen molar-refractivity contribution < 1.29 is 9.59 Å². The number of thioether (sulfide) groups is 1. The Morgan fingerprint density at radius 3 is 2.57 bits per heavy atom. The van der Waals surface area contributed by atoms with Crippen LogP contribution in [0.1, 0.15) is 18.1 Å². The van der Waals surface area contributed by atoms with Gasteiger partial charge in [0.25, 0.3) is 0 Å². The van der Waals surface area contributed by atoms with Crippen molar-refractivity contribution in [2.75, 3.05) is 5.32 Å². The lowest BCUT2D eigenvalue weighted by Crippen LogP contribution is -2.38. The van der Waals surface area contributed by atoms with Crippen LogP contribution in [0.5, 0.6) is 0 Å². The molecule has 3 rings (SSSR count). The molecule has 0 spiro atoms. The number of anilines is 1. The van der Waals surface area contributed by atoms with Crippen LogP contribution >= 0.6 is 11.8 Å². The fourth-order valence-corrected chi connectivity index (χ4v) is 3.28. The van der Waals surface area contributed by atoms with E-state index in [1.807, 2.05) is 38.1 Å². The van der Waals surface area contributed by atoms with Crippen molar-refractivity contribution in [3.63, 3.8) is 0 Å². The highest BCUT2D eigenvalue weighted by Crippen LogP contribution is 2.25. The minimum absolute atomic E-state index is 0.436. The highest BCUT2D eigenvalue weighted by Gasteiger charge is 2.21. The van der Waals surface area contributed by atoms with E-state index in [1.165, 1.54) is 11.8 Å². The molecule has 1 atom stereocenters. The Bertz CT molecular complexity index is 989. The summed E-state index contributed by atoms with van der Waals surface area (Å²) in [5.41, 5.74) is 3.62. The lowest BCUT2D eigenvalue weighted by Gasteiger charge is -2.13. The third kappa shape index (κ3) is 4.55. The van der Waals surface area contributed by atoms with Crippen LogP contribution in [0, 0.1) is 13.8 Å². The molecule has 0 saturated heterocycles. The fraction of sp³-hybridized carbons (Fsp3) is 0.211. The Labute approximate surface area is 166 Å². The first-order valence-electron chi connectivity index (χ1n) is 8.64. The molecule has 0 aliphatic rings. The van der Waals surface area contributed by atoms with Gasteiger partial charge in [0.1, 0.15) is 0 Å². The molecule has 8 nitrogen and oxygen atoms in total. The Kier molecular flexibility index (Phi) is 6.05. The minimum Gasteiger partial charge on any atom is -0.308 e. The Morgan fingerprint density at radius 2 is 1.82 bits per heavy atom. The summed E-state index contributed by atoms with van der Waals surface area (Å²) >= 11 is 1.18. The number of hydrogen-bond acceptors (Lipinski definition) is 6. The van der Waals surface area contributed by atoms with Crippen LogP contribution in [0.3, 0.4) is 0 Å². The highest BCUT2D eigenvalue weighted by atomic mass is 32.2. The van der Waals surface area contributed by atoms with Crippen molar-refractivity contribution in [3.8, 4) is 5.69 Å². The van der Waals surface area contributed by atoms with E-state index < -0.39 is 17.2 Å². The molecule has 1 unspecified atom stereocenters. The van der Waals surface area contributed by atoms with Crippen molar-refractivity contribution in [2.45, 2.75) is 31.2 Å². The average Bonchev–Trinajstić information content (AvgIpc) is 3.12. The molecule has 2 aromatic carbocycles. The summed E-state index contributed by atoms with van der Waals surface area (Å²) in [7, 11) is 0. The van der Waals surface area contributed by atoms with Gasteiger partial charge in [-0.2, -0.15) is 4.68 Å². The maximum Gasteiger partial charge on any atom is 0.325 e. The second-order valence-corrected chi connectivity index (χ2v) is 7.47. The van der Waals surface area contributed by atoms with E-state index in [-0.39, 0.29) is 0 Å². The first kappa shape index (κ1) is 19.6. The van der Waals surface area contributed by atoms with E-state index in [9.17, 15) is 9.59 Å². The second kappa shape index (κ2) is 8.66. The number of carbonyl (C=O) groups is 2. The van der Waals surface area contributed by atoms with E-state index >= 15 is 0 Å². The molecule has 0 radical (unpaired) electrons. The molecule has 0 saturated carbocycles. The van der Waals surface area contributed by atoms with Gasteiger partial charge in [0.2, 0.25) is 11.1 Å². The van der Waals surface area contributed by atoms with Gasteiger partial charge < -0.3 is 5.32 Å². The van der Waals surface area contributed by atoms with Gasteiger partial charge in [0.05, 0.1) is 10.9 Å². The summed E-state index contributed by atoms with van der Waals surface area (Å²) < 4.78 is 1.60. The molecule has 9 heteroatoms. The van der Waals surface area contributed by atoms with E-state index in [1.54, 1.807) is 35.9 Å². The number of aryl methyl sites for hydroxylation is 1. The minimum atomic E-state index is -0.585. The van der Waals surface area contributed by atoms with Gasteiger partial charge in [-0.05, 0) is 60.5 Å². The Hall–Kier alpha value is -3.20. The molecule has 0 bridgehead atoms. The molecule has 1 heterocycles. The number of hydrogen-bond donors (Lipinski definition) is 2. The number of aromatic nitrogens is 4. The van der Waals surface area contributed by atoms with Crippen LogP contribution in [-0.4, -0.2) is 37.4 Å². The monoisotopic (exact) mass is 396 g/mol. The quantitative estimate of drug-likeness (QED) is 0.643. The Balaban J connectivity index is 1.66. The molecule has 0 aliphatic heterocycles. The van der Waals surface area contributed by atoms with E-state index in [0.29, 0.717) is 10.8 Å². The van der Waals surface area contributed by atoms with E-state index in [4.69, 9.17) is 0 Å². The van der Waals surface area contributed by atoms with E-state index in [2.05, 4.69) is 26.2 Å². The number of para-hydroxylation sites is 1. The third-order valence-corrected chi connectivity index (χ3v) is 5.20. The zero-order valence-corrected chi connectivity index (χ0v) is 16.5. The largest absolute Gasteiger partial charge is 0.325 e. The average molecular weight is 396 g/mol. The predicted molar refractivity (Wildman–Crippen MR) is 108 cm³/mol. The van der Waals surface area contributed by atoms with E-state index in [0.717, 1.165) is 16.8 Å². The van der Waals surface area contributed by atoms with Gasteiger partial charge in [-0.3, -0.25) is 10.1 Å². The number of rotatable bonds is 5. The number of urea groups is 1. The zero-order valence-electron chi connectivity index (χ0n) is 15.7. The van der Waals surface area contributed by atoms with Crippen molar-refractivity contribution in [1.82, 2.24) is 25.5 Å². The lowest BCUT2D eigenvalue weighted by atomic mass is 10.1. The number of carbonyl (C=O) groups excluding carboxylic acids is 2. The normalized spacial score (nSPS) is 11.7. The summed E-state index contributed by atoms with van der Waals surface area (Å²) in [4.78, 5) is 24.4. The Morgan fingerprint density at radius 1 is 1.07 bits per heavy atom. The molecule has 2 N–H and O–H groups in total. The number of nitrogens with one attached hydrogen (secondary N) is 2. The third-order valence-electron chi connectivity index (χ3n) is 4.16. The maximum atomic E-state index is 12.4. The molecule has 28 heavy (non-hydrogen) atoms. The van der Waals surface area contributed by atoms with Gasteiger partial charge in [-0.1, -0.05) is 42.1 Å². The molecule has 0 aliphatic carbocycles. The molecule has 3 amide bonds. The van der Waals surface area contributed by atoms with Crippen molar-refractivity contribution in [2.24, 2.45) is 0 Å². The highest BCUT2D eigenvalue weighted by molar-refractivity contribution is 8.00. The van der Waals surface area contributed by atoms with Crippen molar-refractivity contribution >= 4 is 29.4 Å². The predicted octanol–water partition coefficient (Wildman–Crippen LogP) is 3.11. The maximum absolute atomic E-state index is 12.4.